The zero-order valence-electron chi connectivity index (χ0n) is 18.9. The second-order valence-corrected chi connectivity index (χ2v) is 8.48. The van der Waals surface area contributed by atoms with Gasteiger partial charge >= 0.3 is 5.97 Å². The van der Waals surface area contributed by atoms with Crippen LogP contribution in [0.5, 0.6) is 0 Å². The minimum Gasteiger partial charge on any atom is -0.462 e. The van der Waals surface area contributed by atoms with Gasteiger partial charge in [-0.15, -0.1) is 0 Å². The first-order valence-electron chi connectivity index (χ1n) is 10.5. The first-order valence-corrected chi connectivity index (χ1v) is 11.5. The van der Waals surface area contributed by atoms with Crippen molar-refractivity contribution in [1.29, 1.82) is 0 Å². The van der Waals surface area contributed by atoms with Gasteiger partial charge in [-0.05, 0) is 26.5 Å². The summed E-state index contributed by atoms with van der Waals surface area (Å²) in [6.07, 6.45) is 0. The summed E-state index contributed by atoms with van der Waals surface area (Å²) in [5, 5.41) is 11.8. The molecule has 0 spiro atoms. The number of carbonyl (C=O) groups is 1. The Labute approximate surface area is 197 Å². The number of hydrogen-bond acceptors (Lipinski definition) is 8. The van der Waals surface area contributed by atoms with Gasteiger partial charge in [0.2, 0.25) is 0 Å². The largest absolute Gasteiger partial charge is 0.462 e. The number of hydrogen-bond donors (Lipinski definition) is 0. The predicted octanol–water partition coefficient (Wildman–Crippen LogP) is 4.76. The maximum Gasteiger partial charge on any atom is 0.342 e. The lowest BCUT2D eigenvalue weighted by Gasteiger charge is -2.16. The van der Waals surface area contributed by atoms with Crippen LogP contribution in [0.4, 0.5) is 5.69 Å². The zero-order valence-corrected chi connectivity index (χ0v) is 19.7. The molecule has 0 atom stereocenters. The number of benzene rings is 2. The van der Waals surface area contributed by atoms with E-state index in [2.05, 4.69) is 34.0 Å². The van der Waals surface area contributed by atoms with Crippen LogP contribution in [0.3, 0.4) is 0 Å². The molecule has 33 heavy (non-hydrogen) atoms. The molecule has 1 aromatic heterocycles. The van der Waals surface area contributed by atoms with Gasteiger partial charge in [0.05, 0.1) is 22.9 Å². The summed E-state index contributed by atoms with van der Waals surface area (Å²) < 4.78 is 5.19. The standard InChI is InChI=1S/C24H26N4O4S/c1-4-32-23(29)21-17(2)25-24(26-22(21)19-11-8-12-20(15-19)28(30)31)33-14-13-27(3)16-18-9-6-5-7-10-18/h5-12,15H,4,13-14,16H2,1-3H3. The van der Waals surface area contributed by atoms with Crippen molar-refractivity contribution < 1.29 is 14.5 Å². The molecular formula is C24H26N4O4S. The third-order valence-electron chi connectivity index (χ3n) is 4.88. The number of nitrogens with zero attached hydrogens (tertiary/aromatic N) is 4. The molecule has 0 aliphatic rings. The first kappa shape index (κ1) is 24.3. The van der Waals surface area contributed by atoms with E-state index in [9.17, 15) is 14.9 Å². The molecule has 2 aromatic carbocycles. The molecule has 172 valence electrons. The SMILES string of the molecule is CCOC(=O)c1c(C)nc(SCCN(C)Cc2ccccc2)nc1-c1cccc([N+](=O)[O-])c1. The van der Waals surface area contributed by atoms with E-state index < -0.39 is 10.9 Å². The maximum absolute atomic E-state index is 12.6. The Morgan fingerprint density at radius 1 is 1.15 bits per heavy atom. The highest BCUT2D eigenvalue weighted by Crippen LogP contribution is 2.29. The highest BCUT2D eigenvalue weighted by molar-refractivity contribution is 7.99. The van der Waals surface area contributed by atoms with Crippen molar-refractivity contribution in [2.24, 2.45) is 0 Å². The third kappa shape index (κ3) is 6.59. The number of non-ortho nitro benzene ring substituents is 1. The van der Waals surface area contributed by atoms with E-state index in [-0.39, 0.29) is 17.9 Å². The Morgan fingerprint density at radius 3 is 2.61 bits per heavy atom. The van der Waals surface area contributed by atoms with Crippen molar-refractivity contribution in [3.05, 3.63) is 81.5 Å². The third-order valence-corrected chi connectivity index (χ3v) is 5.71. The van der Waals surface area contributed by atoms with Gasteiger partial charge in [-0.25, -0.2) is 14.8 Å². The quantitative estimate of drug-likeness (QED) is 0.139. The molecule has 0 amide bonds. The van der Waals surface area contributed by atoms with E-state index in [0.717, 1.165) is 18.8 Å². The van der Waals surface area contributed by atoms with E-state index in [1.165, 1.54) is 29.5 Å². The number of ether oxygens (including phenoxy) is 1. The molecule has 8 nitrogen and oxygen atoms in total. The van der Waals surface area contributed by atoms with E-state index in [1.54, 1.807) is 26.0 Å². The Bertz CT molecular complexity index is 1120. The molecule has 0 N–H and O–H groups in total. The lowest BCUT2D eigenvalue weighted by Crippen LogP contribution is -2.20. The normalized spacial score (nSPS) is 10.9. The summed E-state index contributed by atoms with van der Waals surface area (Å²) in [6.45, 7) is 5.30. The van der Waals surface area contributed by atoms with Crippen LogP contribution in [0.15, 0.2) is 59.8 Å². The summed E-state index contributed by atoms with van der Waals surface area (Å²) in [5.74, 6) is 0.200. The fourth-order valence-electron chi connectivity index (χ4n) is 3.30. The summed E-state index contributed by atoms with van der Waals surface area (Å²) >= 11 is 1.48. The van der Waals surface area contributed by atoms with Crippen LogP contribution in [0.2, 0.25) is 0 Å². The van der Waals surface area contributed by atoms with E-state index in [4.69, 9.17) is 4.74 Å². The summed E-state index contributed by atoms with van der Waals surface area (Å²) in [6, 6.07) is 16.3. The molecule has 3 aromatic rings. The summed E-state index contributed by atoms with van der Waals surface area (Å²) in [7, 11) is 2.05. The van der Waals surface area contributed by atoms with Gasteiger partial charge in [0.25, 0.3) is 5.69 Å². The van der Waals surface area contributed by atoms with Crippen LogP contribution in [-0.2, 0) is 11.3 Å². The van der Waals surface area contributed by atoms with Gasteiger partial charge in [0, 0.05) is 36.5 Å². The second kappa shape index (κ2) is 11.5. The molecule has 1 heterocycles. The van der Waals surface area contributed by atoms with Gasteiger partial charge in [-0.1, -0.05) is 54.2 Å². The molecule has 0 radical (unpaired) electrons. The van der Waals surface area contributed by atoms with E-state index in [0.29, 0.717) is 22.1 Å². The number of aromatic nitrogens is 2. The van der Waals surface area contributed by atoms with Gasteiger partial charge in [0.1, 0.15) is 5.56 Å². The Hall–Kier alpha value is -3.30. The molecule has 0 saturated carbocycles. The Morgan fingerprint density at radius 2 is 1.91 bits per heavy atom. The van der Waals surface area contributed by atoms with Crippen LogP contribution in [-0.4, -0.2) is 51.7 Å². The average molecular weight is 467 g/mol. The van der Waals surface area contributed by atoms with Crippen molar-refractivity contribution in [2.45, 2.75) is 25.5 Å². The number of thioether (sulfide) groups is 1. The highest BCUT2D eigenvalue weighted by Gasteiger charge is 2.22. The molecule has 0 saturated heterocycles. The molecule has 9 heteroatoms. The predicted molar refractivity (Wildman–Crippen MR) is 128 cm³/mol. The molecule has 0 aliphatic heterocycles. The molecule has 0 bridgehead atoms. The van der Waals surface area contributed by atoms with Gasteiger partial charge in [-0.2, -0.15) is 0 Å². The Balaban J connectivity index is 1.82. The second-order valence-electron chi connectivity index (χ2n) is 7.41. The highest BCUT2D eigenvalue weighted by atomic mass is 32.2. The minimum atomic E-state index is -0.546. The number of aryl methyl sites for hydroxylation is 1. The fourth-order valence-corrected chi connectivity index (χ4v) is 4.24. The minimum absolute atomic E-state index is 0.0738. The molecule has 0 unspecified atom stereocenters. The van der Waals surface area contributed by atoms with E-state index >= 15 is 0 Å². The number of nitro groups is 1. The summed E-state index contributed by atoms with van der Waals surface area (Å²) in [4.78, 5) is 34.7. The lowest BCUT2D eigenvalue weighted by atomic mass is 10.0. The molecule has 3 rings (SSSR count). The van der Waals surface area contributed by atoms with Crippen LogP contribution in [0.1, 0.15) is 28.5 Å². The van der Waals surface area contributed by atoms with Crippen LogP contribution >= 0.6 is 11.8 Å². The van der Waals surface area contributed by atoms with Gasteiger partial charge in [0.15, 0.2) is 5.16 Å². The van der Waals surface area contributed by atoms with Gasteiger partial charge in [-0.3, -0.25) is 10.1 Å². The number of rotatable bonds is 10. The zero-order chi connectivity index (χ0) is 23.8. The van der Waals surface area contributed by atoms with Crippen LogP contribution in [0.25, 0.3) is 11.3 Å². The monoisotopic (exact) mass is 466 g/mol. The van der Waals surface area contributed by atoms with Gasteiger partial charge < -0.3 is 9.64 Å². The van der Waals surface area contributed by atoms with Crippen LogP contribution < -0.4 is 0 Å². The Kier molecular flexibility index (Phi) is 8.51. The lowest BCUT2D eigenvalue weighted by molar-refractivity contribution is -0.384. The molecule has 0 aliphatic carbocycles. The molecule has 0 fully saturated rings. The van der Waals surface area contributed by atoms with Crippen molar-refractivity contribution >= 4 is 23.4 Å². The van der Waals surface area contributed by atoms with E-state index in [1.807, 2.05) is 18.2 Å². The van der Waals surface area contributed by atoms with Crippen molar-refractivity contribution in [3.8, 4) is 11.3 Å². The number of nitro benzene ring substituents is 1. The average Bonchev–Trinajstić information content (AvgIpc) is 2.79. The summed E-state index contributed by atoms with van der Waals surface area (Å²) in [5.41, 5.74) is 2.68. The smallest absolute Gasteiger partial charge is 0.342 e. The topological polar surface area (TPSA) is 98.5 Å². The fraction of sp³-hybridized carbons (Fsp3) is 0.292. The maximum atomic E-state index is 12.6. The van der Waals surface area contributed by atoms with Crippen molar-refractivity contribution in [2.75, 3.05) is 26.0 Å². The van der Waals surface area contributed by atoms with Crippen molar-refractivity contribution in [3.63, 3.8) is 0 Å². The number of carbonyl (C=O) groups excluding carboxylic acids is 1. The first-order chi connectivity index (χ1) is 15.9. The van der Waals surface area contributed by atoms with Crippen molar-refractivity contribution in [1.82, 2.24) is 14.9 Å². The number of esters is 1. The van der Waals surface area contributed by atoms with Crippen LogP contribution in [0, 0.1) is 17.0 Å². The molecular weight excluding hydrogens is 440 g/mol.